The van der Waals surface area contributed by atoms with E-state index in [-0.39, 0.29) is 17.5 Å². The van der Waals surface area contributed by atoms with Crippen LogP contribution in [0.4, 0.5) is 16.3 Å². The smallest absolute Gasteiger partial charge is 0.407 e. The maximum atomic E-state index is 10.8. The van der Waals surface area contributed by atoms with Crippen LogP contribution in [0.25, 0.3) is 0 Å². The molecule has 0 saturated carbocycles. The van der Waals surface area contributed by atoms with E-state index in [2.05, 4.69) is 10.3 Å². The minimum Gasteiger partial charge on any atom is -0.465 e. The molecule has 2 rings (SSSR count). The van der Waals surface area contributed by atoms with Crippen molar-refractivity contribution in [3.63, 3.8) is 0 Å². The summed E-state index contributed by atoms with van der Waals surface area (Å²) in [4.78, 5) is 26.2. The molecular weight excluding hydrogens is 240 g/mol. The average molecular weight is 252 g/mol. The maximum Gasteiger partial charge on any atom is 0.407 e. The van der Waals surface area contributed by atoms with Crippen molar-refractivity contribution in [3.8, 4) is 0 Å². The van der Waals surface area contributed by atoms with Gasteiger partial charge in [-0.3, -0.25) is 10.1 Å². The average Bonchev–Trinajstić information content (AvgIpc) is 2.78. The monoisotopic (exact) mass is 252 g/mol. The Bertz CT molecular complexity index is 479. The molecule has 1 fully saturated rings. The van der Waals surface area contributed by atoms with Crippen molar-refractivity contribution in [2.24, 2.45) is 0 Å². The van der Waals surface area contributed by atoms with Crippen LogP contribution >= 0.6 is 0 Å². The highest BCUT2D eigenvalue weighted by molar-refractivity contribution is 5.65. The number of anilines is 1. The van der Waals surface area contributed by atoms with Gasteiger partial charge in [-0.05, 0) is 12.5 Å². The number of rotatable bonds is 3. The fraction of sp³-hybridized carbons (Fsp3) is 0.400. The third-order valence-corrected chi connectivity index (χ3v) is 2.78. The van der Waals surface area contributed by atoms with E-state index in [0.717, 1.165) is 0 Å². The number of amides is 1. The van der Waals surface area contributed by atoms with Gasteiger partial charge in [-0.1, -0.05) is 0 Å². The van der Waals surface area contributed by atoms with Crippen LogP contribution in [0.3, 0.4) is 0 Å². The Balaban J connectivity index is 2.07. The number of likely N-dealkylation sites (tertiary alicyclic amines) is 1. The van der Waals surface area contributed by atoms with Crippen LogP contribution in [0, 0.1) is 10.1 Å². The van der Waals surface area contributed by atoms with Gasteiger partial charge in [0, 0.05) is 31.4 Å². The molecule has 1 aromatic rings. The molecule has 1 aromatic heterocycles. The number of nitrogens with zero attached hydrogens (tertiary/aromatic N) is 3. The minimum absolute atomic E-state index is 0.105. The van der Waals surface area contributed by atoms with Crippen LogP contribution in [-0.2, 0) is 0 Å². The number of hydrogen-bond acceptors (Lipinski definition) is 5. The predicted octanol–water partition coefficient (Wildman–Crippen LogP) is 1.15. The summed E-state index contributed by atoms with van der Waals surface area (Å²) in [5.74, 6) is 0.180. The highest BCUT2D eigenvalue weighted by Crippen LogP contribution is 2.23. The van der Waals surface area contributed by atoms with Gasteiger partial charge in [-0.15, -0.1) is 0 Å². The number of nitro groups is 1. The number of nitrogens with one attached hydrogen (secondary N) is 1. The van der Waals surface area contributed by atoms with Crippen molar-refractivity contribution in [3.05, 3.63) is 28.4 Å². The quantitative estimate of drug-likeness (QED) is 0.617. The lowest BCUT2D eigenvalue weighted by molar-refractivity contribution is -0.384. The summed E-state index contributed by atoms with van der Waals surface area (Å²) in [6, 6.07) is 2.70. The van der Waals surface area contributed by atoms with Crippen molar-refractivity contribution in [1.82, 2.24) is 9.88 Å². The van der Waals surface area contributed by atoms with Crippen molar-refractivity contribution in [2.75, 3.05) is 18.4 Å². The summed E-state index contributed by atoms with van der Waals surface area (Å²) in [6.07, 6.45) is 1.09. The zero-order valence-corrected chi connectivity index (χ0v) is 9.44. The molecule has 1 amide bonds. The van der Waals surface area contributed by atoms with Gasteiger partial charge in [0.25, 0.3) is 0 Å². The van der Waals surface area contributed by atoms with Crippen LogP contribution in [-0.4, -0.2) is 45.1 Å². The molecule has 8 nitrogen and oxygen atoms in total. The molecule has 0 aromatic carbocycles. The van der Waals surface area contributed by atoms with E-state index >= 15 is 0 Å². The van der Waals surface area contributed by atoms with Crippen molar-refractivity contribution < 1.29 is 14.8 Å². The second-order valence-corrected chi connectivity index (χ2v) is 3.99. The van der Waals surface area contributed by atoms with E-state index in [1.807, 2.05) is 0 Å². The number of carboxylic acid groups (broad SMARTS) is 1. The van der Waals surface area contributed by atoms with Gasteiger partial charge < -0.3 is 15.3 Å². The molecule has 1 atom stereocenters. The van der Waals surface area contributed by atoms with E-state index < -0.39 is 11.0 Å². The van der Waals surface area contributed by atoms with Gasteiger partial charge in [0.05, 0.1) is 4.92 Å². The molecule has 1 unspecified atom stereocenters. The predicted molar refractivity (Wildman–Crippen MR) is 62.5 cm³/mol. The number of hydrogen-bond donors (Lipinski definition) is 2. The first-order valence-corrected chi connectivity index (χ1v) is 5.41. The Morgan fingerprint density at radius 1 is 1.67 bits per heavy atom. The van der Waals surface area contributed by atoms with Gasteiger partial charge in [0.15, 0.2) is 0 Å². The first-order valence-electron chi connectivity index (χ1n) is 5.41. The van der Waals surface area contributed by atoms with E-state index in [9.17, 15) is 14.9 Å². The molecule has 0 spiro atoms. The van der Waals surface area contributed by atoms with Crippen molar-refractivity contribution in [2.45, 2.75) is 12.5 Å². The highest BCUT2D eigenvalue weighted by Gasteiger charge is 2.27. The van der Waals surface area contributed by atoms with Crippen LogP contribution in [0.15, 0.2) is 18.3 Å². The number of aromatic nitrogens is 1. The Hall–Kier alpha value is -2.38. The summed E-state index contributed by atoms with van der Waals surface area (Å²) >= 11 is 0. The number of pyridine rings is 1. The Morgan fingerprint density at radius 3 is 3.06 bits per heavy atom. The molecule has 96 valence electrons. The molecule has 0 radical (unpaired) electrons. The normalized spacial score (nSPS) is 18.7. The molecule has 0 bridgehead atoms. The lowest BCUT2D eigenvalue weighted by atomic mass is 10.2. The van der Waals surface area contributed by atoms with Crippen molar-refractivity contribution in [1.29, 1.82) is 0 Å². The first kappa shape index (κ1) is 12.1. The summed E-state index contributed by atoms with van der Waals surface area (Å²) < 4.78 is 0. The molecule has 1 saturated heterocycles. The molecule has 2 heterocycles. The van der Waals surface area contributed by atoms with Gasteiger partial charge in [-0.2, -0.15) is 0 Å². The van der Waals surface area contributed by atoms with E-state index in [0.29, 0.717) is 19.5 Å². The molecule has 1 aliphatic heterocycles. The third kappa shape index (κ3) is 2.47. The summed E-state index contributed by atoms with van der Waals surface area (Å²) in [6.45, 7) is 0.733. The minimum atomic E-state index is -0.977. The fourth-order valence-corrected chi connectivity index (χ4v) is 1.90. The SMILES string of the molecule is O=C(O)N1CCC(Nc2ncccc2[N+](=O)[O-])C1. The summed E-state index contributed by atoms with van der Waals surface area (Å²) in [5, 5.41) is 22.5. The van der Waals surface area contributed by atoms with Gasteiger partial charge in [-0.25, -0.2) is 9.78 Å². The van der Waals surface area contributed by atoms with Crippen LogP contribution in [0.2, 0.25) is 0 Å². The Kier molecular flexibility index (Phi) is 3.26. The maximum absolute atomic E-state index is 10.8. The zero-order valence-electron chi connectivity index (χ0n) is 9.44. The van der Waals surface area contributed by atoms with Gasteiger partial charge >= 0.3 is 11.8 Å². The van der Waals surface area contributed by atoms with Gasteiger partial charge in [0.1, 0.15) is 0 Å². The molecule has 18 heavy (non-hydrogen) atoms. The second kappa shape index (κ2) is 4.86. The van der Waals surface area contributed by atoms with E-state index in [1.165, 1.54) is 23.2 Å². The molecule has 2 N–H and O–H groups in total. The Labute approximate surface area is 102 Å². The lowest BCUT2D eigenvalue weighted by Crippen LogP contribution is -2.30. The van der Waals surface area contributed by atoms with Crippen molar-refractivity contribution >= 4 is 17.6 Å². The fourth-order valence-electron chi connectivity index (χ4n) is 1.90. The highest BCUT2D eigenvalue weighted by atomic mass is 16.6. The standard InChI is InChI=1S/C10H12N4O4/c15-10(16)13-5-3-7(6-13)12-9-8(14(17)18)2-1-4-11-9/h1-2,4,7H,3,5-6H2,(H,11,12)(H,15,16). The molecular formula is C10H12N4O4. The van der Waals surface area contributed by atoms with Crippen LogP contribution in [0.1, 0.15) is 6.42 Å². The lowest BCUT2D eigenvalue weighted by Gasteiger charge is -2.14. The second-order valence-electron chi connectivity index (χ2n) is 3.99. The third-order valence-electron chi connectivity index (χ3n) is 2.78. The molecule has 0 aliphatic carbocycles. The summed E-state index contributed by atoms with van der Waals surface area (Å²) in [5.41, 5.74) is -0.105. The largest absolute Gasteiger partial charge is 0.465 e. The van der Waals surface area contributed by atoms with Crippen LogP contribution < -0.4 is 5.32 Å². The molecule has 8 heteroatoms. The van der Waals surface area contributed by atoms with Crippen LogP contribution in [0.5, 0.6) is 0 Å². The van der Waals surface area contributed by atoms with Gasteiger partial charge in [0.2, 0.25) is 5.82 Å². The zero-order chi connectivity index (χ0) is 13.1. The Morgan fingerprint density at radius 2 is 2.44 bits per heavy atom. The van der Waals surface area contributed by atoms with E-state index in [1.54, 1.807) is 0 Å². The topological polar surface area (TPSA) is 109 Å². The molecule has 1 aliphatic rings. The summed E-state index contributed by atoms with van der Waals surface area (Å²) in [7, 11) is 0. The number of carbonyl (C=O) groups is 1. The van der Waals surface area contributed by atoms with E-state index in [4.69, 9.17) is 5.11 Å². The first-order chi connectivity index (χ1) is 8.58.